The summed E-state index contributed by atoms with van der Waals surface area (Å²) in [4.78, 5) is 3.97. The summed E-state index contributed by atoms with van der Waals surface area (Å²) in [6, 6.07) is 0. The van der Waals surface area contributed by atoms with Crippen LogP contribution in [0.5, 0.6) is 0 Å². The average molecular weight is 235 g/mol. The van der Waals surface area contributed by atoms with E-state index in [1.54, 1.807) is 6.20 Å². The maximum absolute atomic E-state index is 12.0. The Hall–Kier alpha value is -1.20. The number of aromatic nitrogens is 2. The normalized spacial score (nSPS) is 12.1. The molecule has 0 aliphatic carbocycles. The third kappa shape index (κ3) is 4.55. The van der Waals surface area contributed by atoms with E-state index in [-0.39, 0.29) is 6.54 Å². The molecule has 6 heteroatoms. The van der Waals surface area contributed by atoms with Crippen LogP contribution in [0.15, 0.2) is 12.4 Å². The first-order chi connectivity index (χ1) is 7.38. The molecule has 0 radical (unpaired) electrons. The maximum atomic E-state index is 12.0. The molecule has 0 aliphatic heterocycles. The van der Waals surface area contributed by atoms with Gasteiger partial charge in [-0.2, -0.15) is 13.2 Å². The lowest BCUT2D eigenvalue weighted by molar-refractivity contribution is -0.136. The van der Waals surface area contributed by atoms with E-state index < -0.39 is 12.6 Å². The standard InChI is InChI=1S/C10H16F3N3/c1-8(2)7-15-9-14-4-6-16(9)5-3-10(11,12)13/h4,6,8H,3,5,7H2,1-2H3,(H,14,15). The van der Waals surface area contributed by atoms with Crippen molar-refractivity contribution in [1.82, 2.24) is 9.55 Å². The molecule has 0 atom stereocenters. The van der Waals surface area contributed by atoms with Gasteiger partial charge in [0.05, 0.1) is 6.42 Å². The second kappa shape index (κ2) is 5.23. The largest absolute Gasteiger partial charge is 0.390 e. The Morgan fingerprint density at radius 3 is 2.69 bits per heavy atom. The second-order valence-corrected chi connectivity index (χ2v) is 4.08. The molecule has 3 nitrogen and oxygen atoms in total. The van der Waals surface area contributed by atoms with E-state index in [2.05, 4.69) is 10.3 Å². The molecule has 0 aliphatic rings. The van der Waals surface area contributed by atoms with Crippen molar-refractivity contribution in [3.05, 3.63) is 12.4 Å². The molecule has 1 aromatic heterocycles. The quantitative estimate of drug-likeness (QED) is 0.850. The molecule has 0 amide bonds. The highest BCUT2D eigenvalue weighted by molar-refractivity contribution is 5.25. The van der Waals surface area contributed by atoms with Gasteiger partial charge in [0.15, 0.2) is 0 Å². The van der Waals surface area contributed by atoms with Crippen LogP contribution in [0.25, 0.3) is 0 Å². The van der Waals surface area contributed by atoms with Crippen molar-refractivity contribution in [1.29, 1.82) is 0 Å². The molecule has 1 N–H and O–H groups in total. The number of hydrogen-bond acceptors (Lipinski definition) is 2. The van der Waals surface area contributed by atoms with Gasteiger partial charge in [0.25, 0.3) is 0 Å². The zero-order chi connectivity index (χ0) is 12.2. The van der Waals surface area contributed by atoms with Crippen LogP contribution >= 0.6 is 0 Å². The maximum Gasteiger partial charge on any atom is 0.390 e. The molecule has 0 saturated carbocycles. The molecular weight excluding hydrogens is 219 g/mol. The van der Waals surface area contributed by atoms with Crippen molar-refractivity contribution < 1.29 is 13.2 Å². The van der Waals surface area contributed by atoms with E-state index in [4.69, 9.17) is 0 Å². The molecule has 0 bridgehead atoms. The van der Waals surface area contributed by atoms with Crippen molar-refractivity contribution in [3.8, 4) is 0 Å². The summed E-state index contributed by atoms with van der Waals surface area (Å²) in [6.07, 6.45) is -1.91. The first kappa shape index (κ1) is 12.9. The fourth-order valence-corrected chi connectivity index (χ4v) is 1.20. The summed E-state index contributed by atoms with van der Waals surface area (Å²) in [5.74, 6) is 0.922. The van der Waals surface area contributed by atoms with Crippen molar-refractivity contribution in [2.75, 3.05) is 11.9 Å². The lowest BCUT2D eigenvalue weighted by Gasteiger charge is -2.12. The minimum Gasteiger partial charge on any atom is -0.355 e. The molecule has 92 valence electrons. The van der Waals surface area contributed by atoms with Crippen LogP contribution in [-0.2, 0) is 6.54 Å². The first-order valence-electron chi connectivity index (χ1n) is 5.20. The van der Waals surface area contributed by atoms with Gasteiger partial charge in [-0.25, -0.2) is 4.98 Å². The minimum atomic E-state index is -4.13. The topological polar surface area (TPSA) is 29.9 Å². The van der Waals surface area contributed by atoms with Gasteiger partial charge in [-0.3, -0.25) is 0 Å². The minimum absolute atomic E-state index is 0.0933. The fraction of sp³-hybridized carbons (Fsp3) is 0.700. The van der Waals surface area contributed by atoms with Crippen molar-refractivity contribution >= 4 is 5.95 Å². The molecule has 0 spiro atoms. The molecular formula is C10H16F3N3. The summed E-state index contributed by atoms with van der Waals surface area (Å²) in [5.41, 5.74) is 0. The molecule has 16 heavy (non-hydrogen) atoms. The third-order valence-corrected chi connectivity index (χ3v) is 2.02. The summed E-state index contributed by atoms with van der Waals surface area (Å²) < 4.78 is 37.6. The molecule has 0 fully saturated rings. The number of imidazole rings is 1. The predicted octanol–water partition coefficient (Wildman–Crippen LogP) is 2.90. The van der Waals surface area contributed by atoms with Gasteiger partial charge in [-0.15, -0.1) is 0 Å². The highest BCUT2D eigenvalue weighted by Crippen LogP contribution is 2.21. The number of nitrogens with one attached hydrogen (secondary N) is 1. The summed E-state index contributed by atoms with van der Waals surface area (Å²) in [6.45, 7) is 4.65. The van der Waals surface area contributed by atoms with Crippen LogP contribution in [-0.4, -0.2) is 22.3 Å². The Morgan fingerprint density at radius 2 is 2.12 bits per heavy atom. The van der Waals surface area contributed by atoms with E-state index in [9.17, 15) is 13.2 Å². The van der Waals surface area contributed by atoms with Gasteiger partial charge in [0.2, 0.25) is 5.95 Å². The van der Waals surface area contributed by atoms with Crippen molar-refractivity contribution in [3.63, 3.8) is 0 Å². The number of aryl methyl sites for hydroxylation is 1. The van der Waals surface area contributed by atoms with E-state index >= 15 is 0 Å². The number of anilines is 1. The Kier molecular flexibility index (Phi) is 4.20. The predicted molar refractivity (Wildman–Crippen MR) is 56.2 cm³/mol. The molecule has 1 heterocycles. The molecule has 0 aromatic carbocycles. The molecule has 1 aromatic rings. The molecule has 1 rings (SSSR count). The Morgan fingerprint density at radius 1 is 1.44 bits per heavy atom. The van der Waals surface area contributed by atoms with Crippen LogP contribution in [0, 0.1) is 5.92 Å². The number of nitrogens with zero attached hydrogens (tertiary/aromatic N) is 2. The Bertz CT molecular complexity index is 317. The third-order valence-electron chi connectivity index (χ3n) is 2.02. The van der Waals surface area contributed by atoms with Gasteiger partial charge < -0.3 is 9.88 Å². The zero-order valence-electron chi connectivity index (χ0n) is 9.38. The molecule has 0 saturated heterocycles. The van der Waals surface area contributed by atoms with Crippen molar-refractivity contribution in [2.45, 2.75) is 33.0 Å². The zero-order valence-corrected chi connectivity index (χ0v) is 9.38. The molecule has 0 unspecified atom stereocenters. The average Bonchev–Trinajstić information content (AvgIpc) is 2.57. The number of halogens is 3. The first-order valence-corrected chi connectivity index (χ1v) is 5.20. The van der Waals surface area contributed by atoms with Gasteiger partial charge >= 0.3 is 6.18 Å². The lowest BCUT2D eigenvalue weighted by Crippen LogP contribution is -2.16. The van der Waals surface area contributed by atoms with Crippen molar-refractivity contribution in [2.24, 2.45) is 5.92 Å². The van der Waals surface area contributed by atoms with Gasteiger partial charge in [0.1, 0.15) is 0 Å². The summed E-state index contributed by atoms with van der Waals surface area (Å²) in [7, 11) is 0. The summed E-state index contributed by atoms with van der Waals surface area (Å²) >= 11 is 0. The SMILES string of the molecule is CC(C)CNc1nccn1CCC(F)(F)F. The smallest absolute Gasteiger partial charge is 0.355 e. The highest BCUT2D eigenvalue weighted by atomic mass is 19.4. The van der Waals surface area contributed by atoms with Crippen LogP contribution in [0.2, 0.25) is 0 Å². The Balaban J connectivity index is 2.50. The van der Waals surface area contributed by atoms with Gasteiger partial charge in [-0.1, -0.05) is 13.8 Å². The van der Waals surface area contributed by atoms with Crippen LogP contribution < -0.4 is 5.32 Å². The van der Waals surface area contributed by atoms with E-state index in [0.717, 1.165) is 0 Å². The van der Waals surface area contributed by atoms with Gasteiger partial charge in [-0.05, 0) is 5.92 Å². The number of alkyl halides is 3. The monoisotopic (exact) mass is 235 g/mol. The van der Waals surface area contributed by atoms with E-state index in [1.807, 2.05) is 13.8 Å². The van der Waals surface area contributed by atoms with Gasteiger partial charge in [0, 0.05) is 25.5 Å². The Labute approximate surface area is 92.7 Å². The highest BCUT2D eigenvalue weighted by Gasteiger charge is 2.26. The summed E-state index contributed by atoms with van der Waals surface area (Å²) in [5, 5.41) is 3.01. The lowest BCUT2D eigenvalue weighted by atomic mass is 10.2. The number of hydrogen-bond donors (Lipinski definition) is 1. The van der Waals surface area contributed by atoms with Crippen LogP contribution in [0.1, 0.15) is 20.3 Å². The van der Waals surface area contributed by atoms with E-state index in [0.29, 0.717) is 18.4 Å². The second-order valence-electron chi connectivity index (χ2n) is 4.08. The van der Waals surface area contributed by atoms with E-state index in [1.165, 1.54) is 10.8 Å². The van der Waals surface area contributed by atoms with Crippen LogP contribution in [0.3, 0.4) is 0 Å². The van der Waals surface area contributed by atoms with Crippen LogP contribution in [0.4, 0.5) is 19.1 Å². The number of rotatable bonds is 5. The fourth-order valence-electron chi connectivity index (χ4n) is 1.20.